The van der Waals surface area contributed by atoms with Gasteiger partial charge >= 0.3 is 11.9 Å². The van der Waals surface area contributed by atoms with Gasteiger partial charge in [-0.05, 0) is 82.8 Å². The Bertz CT molecular complexity index is 2790. The number of halogens is 4. The quantitative estimate of drug-likeness (QED) is 0.0401. The molecule has 0 saturated carbocycles. The number of benzene rings is 2. The fourth-order valence-electron chi connectivity index (χ4n) is 6.55. The van der Waals surface area contributed by atoms with Crippen LogP contribution in [0.5, 0.6) is 23.5 Å². The summed E-state index contributed by atoms with van der Waals surface area (Å²) in [5.74, 6) is -1.89. The molecule has 0 fully saturated rings. The van der Waals surface area contributed by atoms with Crippen molar-refractivity contribution < 1.29 is 49.0 Å². The molecule has 0 unspecified atom stereocenters. The average Bonchev–Trinajstić information content (AvgIpc) is 3.36. The summed E-state index contributed by atoms with van der Waals surface area (Å²) in [7, 11) is 0. The van der Waals surface area contributed by atoms with Crippen molar-refractivity contribution in [2.45, 2.75) is 65.2 Å². The Morgan fingerprint density at radius 3 is 1.57 bits per heavy atom. The number of ether oxygens (including phenoxy) is 4. The molecule has 21 heteroatoms. The second-order valence-electron chi connectivity index (χ2n) is 16.3. The number of aryl methyl sites for hydroxylation is 1. The van der Waals surface area contributed by atoms with Gasteiger partial charge in [-0.3, -0.25) is 24.9 Å². The van der Waals surface area contributed by atoms with Crippen molar-refractivity contribution in [2.24, 2.45) is 5.41 Å². The van der Waals surface area contributed by atoms with Gasteiger partial charge in [0.2, 0.25) is 23.5 Å². The van der Waals surface area contributed by atoms with Crippen LogP contribution in [0.2, 0.25) is 10.0 Å². The number of aromatic nitrogens is 4. The van der Waals surface area contributed by atoms with E-state index in [4.69, 9.17) is 42.1 Å². The first kappa shape index (κ1) is 52.9. The highest BCUT2D eigenvalue weighted by Gasteiger charge is 2.34. The summed E-state index contributed by atoms with van der Waals surface area (Å²) in [4.78, 5) is 41.3. The van der Waals surface area contributed by atoms with Crippen molar-refractivity contribution in [3.05, 3.63) is 149 Å². The van der Waals surface area contributed by atoms with Crippen molar-refractivity contribution in [3.63, 3.8) is 0 Å². The summed E-state index contributed by atoms with van der Waals surface area (Å²) >= 11 is 21.2. The monoisotopic (exact) mass is 1120 g/mol. The molecule has 0 spiro atoms. The molecule has 70 heavy (non-hydrogen) atoms. The van der Waals surface area contributed by atoms with Gasteiger partial charge in [-0.25, -0.2) is 0 Å². The van der Waals surface area contributed by atoms with Gasteiger partial charge in [-0.15, -0.1) is 0 Å². The maximum atomic E-state index is 12.0. The fraction of sp³-hybridized carbons (Fsp3) is 0.265. The van der Waals surface area contributed by atoms with E-state index in [0.29, 0.717) is 74.6 Å². The van der Waals surface area contributed by atoms with Crippen LogP contribution in [0.4, 0.5) is 0 Å². The van der Waals surface area contributed by atoms with Crippen molar-refractivity contribution in [2.75, 3.05) is 13.2 Å². The van der Waals surface area contributed by atoms with Crippen LogP contribution in [0.1, 0.15) is 64.8 Å². The van der Waals surface area contributed by atoms with Crippen LogP contribution in [-0.2, 0) is 49.0 Å². The third-order valence-corrected chi connectivity index (χ3v) is 13.0. The van der Waals surface area contributed by atoms with Crippen molar-refractivity contribution >= 4 is 67.0 Å². The summed E-state index contributed by atoms with van der Waals surface area (Å²) in [5.41, 5.74) is 2.13. The fourth-order valence-corrected chi connectivity index (χ4v) is 8.07. The summed E-state index contributed by atoms with van der Waals surface area (Å²) in [6.45, 7) is 1.35. The SMILES string of the molecule is C[C@](CO)(CCc1cc(Br)c(OCc2cccc(-c3cccc(COc4nc(OCc5cncc(C#N)c5)c(CN[C@](C)(CO)C(=O)O)cc4Br)c3Cl)c2Cl)nc1OCc1cncc(C#N)c1)C(=O)O. The lowest BCUT2D eigenvalue weighted by Crippen LogP contribution is -2.52. The lowest BCUT2D eigenvalue weighted by molar-refractivity contribution is -0.150. The molecule has 362 valence electrons. The predicted molar refractivity (Wildman–Crippen MR) is 262 cm³/mol. The Balaban J connectivity index is 1.22. The van der Waals surface area contributed by atoms with E-state index in [0.717, 1.165) is 0 Å². The number of pyridine rings is 4. The van der Waals surface area contributed by atoms with E-state index in [1.165, 1.54) is 32.4 Å². The highest BCUT2D eigenvalue weighted by Crippen LogP contribution is 2.39. The maximum absolute atomic E-state index is 12.0. The molecule has 5 N–H and O–H groups in total. The second kappa shape index (κ2) is 23.9. The highest BCUT2D eigenvalue weighted by molar-refractivity contribution is 9.10. The number of hydrogen-bond donors (Lipinski definition) is 5. The van der Waals surface area contributed by atoms with Gasteiger partial charge in [0.25, 0.3) is 0 Å². The molecule has 6 rings (SSSR count). The first-order valence-electron chi connectivity index (χ1n) is 21.1. The number of carboxylic acids is 2. The van der Waals surface area contributed by atoms with Gasteiger partial charge in [0.05, 0.1) is 48.7 Å². The number of nitriles is 2. The van der Waals surface area contributed by atoms with Crippen LogP contribution >= 0.6 is 55.1 Å². The van der Waals surface area contributed by atoms with Gasteiger partial charge in [0.1, 0.15) is 44.1 Å². The smallest absolute Gasteiger partial charge is 0.326 e. The molecule has 0 amide bonds. The summed E-state index contributed by atoms with van der Waals surface area (Å²) in [5, 5.41) is 61.4. The molecule has 0 radical (unpaired) electrons. The predicted octanol–water partition coefficient (Wildman–Crippen LogP) is 8.77. The topological polar surface area (TPSA) is 263 Å². The van der Waals surface area contributed by atoms with Crippen LogP contribution in [-0.4, -0.2) is 71.1 Å². The zero-order chi connectivity index (χ0) is 50.6. The van der Waals surface area contributed by atoms with E-state index in [1.807, 2.05) is 24.3 Å². The number of aliphatic hydroxyl groups is 2. The molecule has 4 aromatic heterocycles. The largest absolute Gasteiger partial charge is 0.481 e. The minimum atomic E-state index is -1.66. The van der Waals surface area contributed by atoms with Crippen molar-refractivity contribution in [3.8, 4) is 46.8 Å². The lowest BCUT2D eigenvalue weighted by atomic mass is 9.85. The number of hydrogen-bond acceptors (Lipinski definition) is 15. The average molecular weight is 1120 g/mol. The summed E-state index contributed by atoms with van der Waals surface area (Å²) in [6, 6.07) is 21.5. The number of carbonyl (C=O) groups is 2. The van der Waals surface area contributed by atoms with Gasteiger partial charge in [0, 0.05) is 75.8 Å². The maximum Gasteiger partial charge on any atom is 0.326 e. The Morgan fingerprint density at radius 2 is 1.13 bits per heavy atom. The molecule has 0 aliphatic rings. The highest BCUT2D eigenvalue weighted by atomic mass is 79.9. The molecule has 6 aromatic rings. The van der Waals surface area contributed by atoms with Crippen LogP contribution in [0.3, 0.4) is 0 Å². The van der Waals surface area contributed by atoms with E-state index in [1.54, 1.807) is 54.7 Å². The van der Waals surface area contributed by atoms with E-state index in [-0.39, 0.29) is 69.3 Å². The standard InChI is InChI=1S/C49H43Br2Cl2N7O10/c1-48(26-61,46(63)64)10-9-32-13-38(50)44(59-42(32)67-22-30-11-28(15-54)17-56-19-30)69-24-33-5-3-7-36(40(33)52)37-8-4-6-34(41(37)53)25-70-45-39(51)14-35(21-58-49(2,27-62)47(65)66)43(60-45)68-23-31-12-29(16-55)18-57-20-31/h3-8,11-14,17-20,58,61-62H,9-10,21-27H2,1-2H3,(H,63,64)(H,65,66)/t48-,49-/m1/s1. The van der Waals surface area contributed by atoms with Gasteiger partial charge < -0.3 is 39.4 Å². The molecule has 0 aliphatic heterocycles. The van der Waals surface area contributed by atoms with E-state index >= 15 is 0 Å². The Hall–Kier alpha value is -6.42. The Labute approximate surface area is 428 Å². The first-order chi connectivity index (χ1) is 33.5. The normalized spacial score (nSPS) is 12.7. The first-order valence-corrected chi connectivity index (χ1v) is 23.4. The van der Waals surface area contributed by atoms with E-state index in [2.05, 4.69) is 57.1 Å². The second-order valence-corrected chi connectivity index (χ2v) is 18.7. The van der Waals surface area contributed by atoms with Crippen molar-refractivity contribution in [1.29, 1.82) is 10.5 Å². The number of nitrogens with one attached hydrogen (secondary N) is 1. The molecule has 17 nitrogen and oxygen atoms in total. The molecule has 0 bridgehead atoms. The molecular formula is C49H43Br2Cl2N7O10. The number of aliphatic carboxylic acids is 2. The minimum Gasteiger partial charge on any atom is -0.481 e. The summed E-state index contributed by atoms with van der Waals surface area (Å²) in [6.07, 6.45) is 6.20. The zero-order valence-corrected chi connectivity index (χ0v) is 42.1. The Kier molecular flexibility index (Phi) is 18.1. The van der Waals surface area contributed by atoms with Gasteiger partial charge in [-0.1, -0.05) is 59.6 Å². The number of carboxylic acid groups (broad SMARTS) is 2. The van der Waals surface area contributed by atoms with Crippen LogP contribution in [0.25, 0.3) is 11.1 Å². The van der Waals surface area contributed by atoms with Gasteiger partial charge in [-0.2, -0.15) is 20.5 Å². The molecule has 2 atom stereocenters. The molecule has 0 saturated heterocycles. The van der Waals surface area contributed by atoms with Crippen molar-refractivity contribution in [1.82, 2.24) is 25.3 Å². The summed E-state index contributed by atoms with van der Waals surface area (Å²) < 4.78 is 25.5. The van der Waals surface area contributed by atoms with Gasteiger partial charge in [0.15, 0.2) is 0 Å². The van der Waals surface area contributed by atoms with E-state index < -0.39 is 36.1 Å². The Morgan fingerprint density at radius 1 is 0.657 bits per heavy atom. The van der Waals surface area contributed by atoms with Crippen LogP contribution in [0, 0.1) is 28.1 Å². The number of rotatable bonds is 23. The van der Waals surface area contributed by atoms with E-state index in [9.17, 15) is 40.5 Å². The van der Waals surface area contributed by atoms with Crippen LogP contribution < -0.4 is 24.3 Å². The number of nitrogens with zero attached hydrogens (tertiary/aromatic N) is 6. The molecule has 0 aliphatic carbocycles. The minimum absolute atomic E-state index is 0.00782. The molecular weight excluding hydrogens is 1080 g/mol. The lowest BCUT2D eigenvalue weighted by Gasteiger charge is -2.24. The number of aliphatic hydroxyl groups excluding tert-OH is 2. The third-order valence-electron chi connectivity index (χ3n) is 11.0. The third kappa shape index (κ3) is 13.1. The van der Waals surface area contributed by atoms with Crippen LogP contribution in [0.15, 0.2) is 94.4 Å². The molecule has 2 aromatic carbocycles. The molecule has 4 heterocycles. The zero-order valence-electron chi connectivity index (χ0n) is 37.4.